The third-order valence-corrected chi connectivity index (χ3v) is 4.12. The molecule has 5 heteroatoms. The molecule has 5 nitrogen and oxygen atoms in total. The maximum Gasteiger partial charge on any atom is 0.220 e. The molecule has 0 radical (unpaired) electrons. The molecule has 1 amide bonds. The Morgan fingerprint density at radius 3 is 2.70 bits per heavy atom. The molecule has 3 rings (SSSR count). The number of aromatic nitrogens is 1. The maximum atomic E-state index is 11.9. The number of hydrogen-bond acceptors (Lipinski definition) is 4. The van der Waals surface area contributed by atoms with Crippen LogP contribution in [-0.2, 0) is 17.8 Å². The van der Waals surface area contributed by atoms with Gasteiger partial charge in [-0.1, -0.05) is 17.3 Å². The molecule has 1 heterocycles. The third-order valence-electron chi connectivity index (χ3n) is 4.12. The number of carbonyl (C=O) groups is 1. The third kappa shape index (κ3) is 4.34. The molecule has 1 N–H and O–H groups in total. The number of anilines is 1. The Labute approximate surface area is 136 Å². The minimum atomic E-state index is 0.0395. The van der Waals surface area contributed by atoms with Gasteiger partial charge in [-0.15, -0.1) is 0 Å². The van der Waals surface area contributed by atoms with Crippen LogP contribution < -0.4 is 10.2 Å². The van der Waals surface area contributed by atoms with E-state index >= 15 is 0 Å². The molecular formula is C18H23N3O2. The number of amides is 1. The van der Waals surface area contributed by atoms with Crippen LogP contribution in [0, 0.1) is 0 Å². The van der Waals surface area contributed by atoms with Crippen LogP contribution in [0.3, 0.4) is 0 Å². The van der Waals surface area contributed by atoms with Crippen molar-refractivity contribution in [2.24, 2.45) is 0 Å². The Balaban J connectivity index is 1.41. The molecule has 122 valence electrons. The number of nitrogens with one attached hydrogen (secondary N) is 1. The first-order chi connectivity index (χ1) is 11.1. The number of carbonyl (C=O) groups excluding carboxylic acids is 1. The van der Waals surface area contributed by atoms with Gasteiger partial charge in [-0.2, -0.15) is 0 Å². The second-order valence-electron chi connectivity index (χ2n) is 6.33. The summed E-state index contributed by atoms with van der Waals surface area (Å²) in [5.74, 6) is 1.55. The van der Waals surface area contributed by atoms with Gasteiger partial charge in [0.15, 0.2) is 0 Å². The van der Waals surface area contributed by atoms with Gasteiger partial charge in [-0.25, -0.2) is 0 Å². The molecule has 1 saturated carbocycles. The summed E-state index contributed by atoms with van der Waals surface area (Å²) in [6.45, 7) is 0.439. The van der Waals surface area contributed by atoms with E-state index in [2.05, 4.69) is 39.6 Å². The van der Waals surface area contributed by atoms with Crippen molar-refractivity contribution in [3.63, 3.8) is 0 Å². The fourth-order valence-electron chi connectivity index (χ4n) is 2.47. The normalized spacial score (nSPS) is 13.8. The molecule has 0 atom stereocenters. The predicted molar refractivity (Wildman–Crippen MR) is 89.4 cm³/mol. The Hall–Kier alpha value is -2.30. The van der Waals surface area contributed by atoms with E-state index in [0.717, 1.165) is 23.6 Å². The minimum absolute atomic E-state index is 0.0395. The van der Waals surface area contributed by atoms with Crippen molar-refractivity contribution in [3.05, 3.63) is 47.3 Å². The summed E-state index contributed by atoms with van der Waals surface area (Å²) < 4.78 is 5.28. The lowest BCUT2D eigenvalue weighted by molar-refractivity contribution is -0.121. The zero-order chi connectivity index (χ0) is 16.2. The lowest BCUT2D eigenvalue weighted by Crippen LogP contribution is -2.23. The minimum Gasteiger partial charge on any atom is -0.378 e. The predicted octanol–water partition coefficient (Wildman–Crippen LogP) is 2.87. The molecule has 1 aromatic heterocycles. The van der Waals surface area contributed by atoms with Crippen LogP contribution in [0.1, 0.15) is 42.2 Å². The van der Waals surface area contributed by atoms with Crippen LogP contribution in [0.25, 0.3) is 0 Å². The van der Waals surface area contributed by atoms with Gasteiger partial charge in [0.1, 0.15) is 11.5 Å². The molecule has 0 unspecified atom stereocenters. The van der Waals surface area contributed by atoms with Gasteiger partial charge in [-0.05, 0) is 37.0 Å². The van der Waals surface area contributed by atoms with E-state index in [0.29, 0.717) is 18.9 Å². The second-order valence-corrected chi connectivity index (χ2v) is 6.33. The first-order valence-electron chi connectivity index (χ1n) is 8.10. The highest BCUT2D eigenvalue weighted by Crippen LogP contribution is 2.40. The first kappa shape index (κ1) is 15.6. The number of benzene rings is 1. The van der Waals surface area contributed by atoms with E-state index in [4.69, 9.17) is 4.52 Å². The van der Waals surface area contributed by atoms with E-state index < -0.39 is 0 Å². The Morgan fingerprint density at radius 2 is 2.04 bits per heavy atom. The summed E-state index contributed by atoms with van der Waals surface area (Å²) in [6, 6.07) is 10.2. The second kappa shape index (κ2) is 6.86. The summed E-state index contributed by atoms with van der Waals surface area (Å²) in [7, 11) is 4.03. The van der Waals surface area contributed by atoms with Gasteiger partial charge in [0.25, 0.3) is 0 Å². The molecule has 0 spiro atoms. The van der Waals surface area contributed by atoms with Crippen LogP contribution in [-0.4, -0.2) is 25.2 Å². The van der Waals surface area contributed by atoms with Gasteiger partial charge in [-0.3, -0.25) is 4.79 Å². The van der Waals surface area contributed by atoms with Gasteiger partial charge in [0.05, 0.1) is 6.54 Å². The molecule has 1 aromatic carbocycles. The monoisotopic (exact) mass is 313 g/mol. The van der Waals surface area contributed by atoms with Crippen LogP contribution >= 0.6 is 0 Å². The molecule has 0 saturated heterocycles. The van der Waals surface area contributed by atoms with Gasteiger partial charge in [0, 0.05) is 38.2 Å². The molecule has 23 heavy (non-hydrogen) atoms. The Kier molecular flexibility index (Phi) is 4.65. The van der Waals surface area contributed by atoms with Crippen molar-refractivity contribution >= 4 is 11.6 Å². The number of rotatable bonds is 7. The highest BCUT2D eigenvalue weighted by atomic mass is 16.5. The van der Waals surface area contributed by atoms with Crippen molar-refractivity contribution in [1.82, 2.24) is 10.5 Å². The summed E-state index contributed by atoms with van der Waals surface area (Å²) >= 11 is 0. The summed E-state index contributed by atoms with van der Waals surface area (Å²) in [4.78, 5) is 14.0. The SMILES string of the molecule is CN(C)c1ccc(CCC(=O)NCc2cc(C3CC3)on2)cc1. The quantitative estimate of drug-likeness (QED) is 0.854. The lowest BCUT2D eigenvalue weighted by atomic mass is 10.1. The van der Waals surface area contributed by atoms with Crippen molar-refractivity contribution < 1.29 is 9.32 Å². The topological polar surface area (TPSA) is 58.4 Å². The summed E-state index contributed by atoms with van der Waals surface area (Å²) in [5.41, 5.74) is 3.13. The summed E-state index contributed by atoms with van der Waals surface area (Å²) in [5, 5.41) is 6.90. The van der Waals surface area contributed by atoms with E-state index in [-0.39, 0.29) is 5.91 Å². The summed E-state index contributed by atoms with van der Waals surface area (Å²) in [6.07, 6.45) is 3.60. The zero-order valence-electron chi connectivity index (χ0n) is 13.7. The van der Waals surface area contributed by atoms with Crippen LogP contribution in [0.5, 0.6) is 0 Å². The number of nitrogens with zero attached hydrogens (tertiary/aromatic N) is 2. The standard InChI is InChI=1S/C18H23N3O2/c1-21(2)16-8-3-13(4-9-16)5-10-18(22)19-12-15-11-17(23-20-15)14-6-7-14/h3-4,8-9,11,14H,5-7,10,12H2,1-2H3,(H,19,22). The van der Waals surface area contributed by atoms with Crippen molar-refractivity contribution in [2.45, 2.75) is 38.1 Å². The molecule has 0 aliphatic heterocycles. The lowest BCUT2D eigenvalue weighted by Gasteiger charge is -2.12. The van der Waals surface area contributed by atoms with Crippen molar-refractivity contribution in [3.8, 4) is 0 Å². The highest BCUT2D eigenvalue weighted by Gasteiger charge is 2.27. The van der Waals surface area contributed by atoms with Crippen LogP contribution in [0.15, 0.2) is 34.9 Å². The Morgan fingerprint density at radius 1 is 1.30 bits per heavy atom. The zero-order valence-corrected chi connectivity index (χ0v) is 13.7. The van der Waals surface area contributed by atoms with Crippen molar-refractivity contribution in [2.75, 3.05) is 19.0 Å². The van der Waals surface area contributed by atoms with E-state index in [1.54, 1.807) is 0 Å². The molecule has 1 aliphatic carbocycles. The molecule has 1 fully saturated rings. The van der Waals surface area contributed by atoms with Crippen LogP contribution in [0.4, 0.5) is 5.69 Å². The van der Waals surface area contributed by atoms with Gasteiger partial charge in [0.2, 0.25) is 5.91 Å². The maximum absolute atomic E-state index is 11.9. The smallest absolute Gasteiger partial charge is 0.220 e. The number of hydrogen-bond donors (Lipinski definition) is 1. The fourth-order valence-corrected chi connectivity index (χ4v) is 2.47. The molecule has 0 bridgehead atoms. The van der Waals surface area contributed by atoms with Gasteiger partial charge < -0.3 is 14.7 Å². The average molecular weight is 313 g/mol. The van der Waals surface area contributed by atoms with E-state index in [1.165, 1.54) is 18.4 Å². The average Bonchev–Trinajstić information content (AvgIpc) is 3.30. The molecular weight excluding hydrogens is 290 g/mol. The fraction of sp³-hybridized carbons (Fsp3) is 0.444. The van der Waals surface area contributed by atoms with Gasteiger partial charge >= 0.3 is 0 Å². The molecule has 1 aliphatic rings. The first-order valence-corrected chi connectivity index (χ1v) is 8.10. The Bertz CT molecular complexity index is 657. The van der Waals surface area contributed by atoms with E-state index in [1.807, 2.05) is 20.2 Å². The highest BCUT2D eigenvalue weighted by molar-refractivity contribution is 5.76. The number of aryl methyl sites for hydroxylation is 1. The van der Waals surface area contributed by atoms with Crippen molar-refractivity contribution in [1.29, 1.82) is 0 Å². The largest absolute Gasteiger partial charge is 0.378 e. The van der Waals surface area contributed by atoms with E-state index in [9.17, 15) is 4.79 Å². The molecule has 2 aromatic rings. The van der Waals surface area contributed by atoms with Crippen LogP contribution in [0.2, 0.25) is 0 Å².